The van der Waals surface area contributed by atoms with Gasteiger partial charge in [0.2, 0.25) is 0 Å². The Labute approximate surface area is 128 Å². The molecular weight excluding hydrogens is 280 g/mol. The van der Waals surface area contributed by atoms with Crippen LogP contribution in [0.15, 0.2) is 47.9 Å². The van der Waals surface area contributed by atoms with Gasteiger partial charge in [0, 0.05) is 18.0 Å². The lowest BCUT2D eigenvalue weighted by Crippen LogP contribution is -2.11. The molecule has 0 saturated heterocycles. The first kappa shape index (κ1) is 14.7. The molecule has 0 spiro atoms. The summed E-state index contributed by atoms with van der Waals surface area (Å²) in [7, 11) is 1.54. The van der Waals surface area contributed by atoms with E-state index in [1.807, 2.05) is 18.2 Å². The molecule has 1 aromatic heterocycles. The van der Waals surface area contributed by atoms with Crippen molar-refractivity contribution >= 4 is 5.71 Å². The van der Waals surface area contributed by atoms with Gasteiger partial charge in [0.1, 0.15) is 19.3 Å². The number of aromatic nitrogens is 1. The number of benzene rings is 1. The van der Waals surface area contributed by atoms with Crippen LogP contribution >= 0.6 is 0 Å². The molecule has 0 bridgehead atoms. The summed E-state index contributed by atoms with van der Waals surface area (Å²) in [4.78, 5) is 8.76. The summed E-state index contributed by atoms with van der Waals surface area (Å²) in [5.74, 6) is 0. The van der Waals surface area contributed by atoms with E-state index in [-0.39, 0.29) is 0 Å². The Morgan fingerprint density at radius 2 is 1.77 bits per heavy atom. The molecule has 3 rings (SSSR count). The minimum absolute atomic E-state index is 0.643. The zero-order chi connectivity index (χ0) is 15.5. The first-order chi connectivity index (χ1) is 10.7. The largest absolute Gasteiger partial charge is 0.399 e. The molecule has 2 unspecified atom stereocenters. The Morgan fingerprint density at radius 3 is 2.50 bits per heavy atom. The standard InChI is InChI=1S/C17H18N2O3/c1-22-19-15-5-3-12-10-13(2-4-14(12)15)17(21)16(20)11-6-8-18-9-7-11/h2,4,6-10,16-17,20-21H,3,5H2,1H3/b19-15+. The summed E-state index contributed by atoms with van der Waals surface area (Å²) in [6.07, 6.45) is 2.94. The van der Waals surface area contributed by atoms with Gasteiger partial charge < -0.3 is 15.1 Å². The van der Waals surface area contributed by atoms with E-state index in [0.717, 1.165) is 29.7 Å². The van der Waals surface area contributed by atoms with Crippen molar-refractivity contribution in [1.82, 2.24) is 4.98 Å². The summed E-state index contributed by atoms with van der Waals surface area (Å²) in [6.45, 7) is 0. The number of oxime groups is 1. The Bertz CT molecular complexity index is 686. The lowest BCUT2D eigenvalue weighted by molar-refractivity contribution is 0.0171. The van der Waals surface area contributed by atoms with Crippen molar-refractivity contribution in [2.75, 3.05) is 7.11 Å². The Balaban J connectivity index is 1.86. The smallest absolute Gasteiger partial charge is 0.109 e. The van der Waals surface area contributed by atoms with Gasteiger partial charge in [-0.1, -0.05) is 23.4 Å². The fraction of sp³-hybridized carbons (Fsp3) is 0.294. The summed E-state index contributed by atoms with van der Waals surface area (Å²) in [6, 6.07) is 9.08. The zero-order valence-corrected chi connectivity index (χ0v) is 12.3. The first-order valence-electron chi connectivity index (χ1n) is 7.20. The minimum atomic E-state index is -0.977. The van der Waals surface area contributed by atoms with Crippen LogP contribution in [0.25, 0.3) is 0 Å². The number of rotatable bonds is 4. The van der Waals surface area contributed by atoms with Crippen LogP contribution in [-0.4, -0.2) is 28.0 Å². The zero-order valence-electron chi connectivity index (χ0n) is 12.3. The minimum Gasteiger partial charge on any atom is -0.399 e. The van der Waals surface area contributed by atoms with Gasteiger partial charge in [-0.15, -0.1) is 0 Å². The lowest BCUT2D eigenvalue weighted by Gasteiger charge is -2.19. The summed E-state index contributed by atoms with van der Waals surface area (Å²) in [5.41, 5.74) is 4.44. The first-order valence-corrected chi connectivity index (χ1v) is 7.20. The highest BCUT2D eigenvalue weighted by Crippen LogP contribution is 2.32. The fourth-order valence-electron chi connectivity index (χ4n) is 2.80. The van der Waals surface area contributed by atoms with Crippen LogP contribution in [0.1, 0.15) is 40.9 Å². The van der Waals surface area contributed by atoms with Gasteiger partial charge >= 0.3 is 0 Å². The van der Waals surface area contributed by atoms with E-state index in [4.69, 9.17) is 4.84 Å². The average Bonchev–Trinajstić information content (AvgIpc) is 2.97. The van der Waals surface area contributed by atoms with Gasteiger partial charge in [0.25, 0.3) is 0 Å². The number of hydrogen-bond acceptors (Lipinski definition) is 5. The van der Waals surface area contributed by atoms with Crippen LogP contribution in [0.4, 0.5) is 0 Å². The molecule has 2 aromatic rings. The van der Waals surface area contributed by atoms with Crippen molar-refractivity contribution in [1.29, 1.82) is 0 Å². The molecule has 2 N–H and O–H groups in total. The van der Waals surface area contributed by atoms with Crippen molar-refractivity contribution in [3.8, 4) is 0 Å². The second-order valence-electron chi connectivity index (χ2n) is 5.31. The molecule has 0 saturated carbocycles. The van der Waals surface area contributed by atoms with Crippen LogP contribution < -0.4 is 0 Å². The molecule has 1 aromatic carbocycles. The van der Waals surface area contributed by atoms with Crippen LogP contribution in [0, 0.1) is 0 Å². The van der Waals surface area contributed by atoms with Crippen LogP contribution in [0.3, 0.4) is 0 Å². The van der Waals surface area contributed by atoms with Crippen molar-refractivity contribution in [2.45, 2.75) is 25.0 Å². The number of nitrogens with zero attached hydrogens (tertiary/aromatic N) is 2. The molecule has 5 nitrogen and oxygen atoms in total. The Kier molecular flexibility index (Phi) is 4.18. The van der Waals surface area contributed by atoms with Crippen LogP contribution in [0.2, 0.25) is 0 Å². The summed E-state index contributed by atoms with van der Waals surface area (Å²) >= 11 is 0. The van der Waals surface area contributed by atoms with Gasteiger partial charge in [-0.05, 0) is 41.7 Å². The third kappa shape index (κ3) is 2.73. The second kappa shape index (κ2) is 6.25. The SMILES string of the molecule is CO/N=C1\CCc2cc(C(O)C(O)c3ccncc3)ccc21. The van der Waals surface area contributed by atoms with Gasteiger partial charge in [0.15, 0.2) is 0 Å². The van der Waals surface area contributed by atoms with E-state index < -0.39 is 12.2 Å². The molecule has 0 amide bonds. The Hall–Kier alpha value is -2.24. The van der Waals surface area contributed by atoms with Crippen molar-refractivity contribution in [2.24, 2.45) is 5.16 Å². The molecular formula is C17H18N2O3. The van der Waals surface area contributed by atoms with Crippen LogP contribution in [-0.2, 0) is 11.3 Å². The molecule has 114 valence electrons. The molecule has 1 aliphatic carbocycles. The third-order valence-corrected chi connectivity index (χ3v) is 3.96. The van der Waals surface area contributed by atoms with Crippen molar-refractivity contribution < 1.29 is 15.1 Å². The lowest BCUT2D eigenvalue weighted by atomic mass is 9.96. The molecule has 5 heteroatoms. The van der Waals surface area contributed by atoms with E-state index in [0.29, 0.717) is 11.1 Å². The monoisotopic (exact) mass is 298 g/mol. The summed E-state index contributed by atoms with van der Waals surface area (Å²) in [5, 5.41) is 24.7. The highest BCUT2D eigenvalue weighted by atomic mass is 16.6. The number of aliphatic hydroxyl groups excluding tert-OH is 2. The third-order valence-electron chi connectivity index (χ3n) is 3.96. The molecule has 1 aliphatic rings. The molecule has 0 aliphatic heterocycles. The maximum atomic E-state index is 10.4. The maximum Gasteiger partial charge on any atom is 0.109 e. The normalized spacial score (nSPS) is 18.0. The second-order valence-corrected chi connectivity index (χ2v) is 5.31. The topological polar surface area (TPSA) is 74.9 Å². The Morgan fingerprint density at radius 1 is 1.05 bits per heavy atom. The number of aliphatic hydroxyl groups is 2. The number of hydrogen-bond donors (Lipinski definition) is 2. The van der Waals surface area contributed by atoms with E-state index in [2.05, 4.69) is 10.1 Å². The van der Waals surface area contributed by atoms with Crippen molar-refractivity contribution in [3.05, 3.63) is 65.0 Å². The van der Waals surface area contributed by atoms with Gasteiger partial charge in [-0.25, -0.2) is 0 Å². The van der Waals surface area contributed by atoms with Gasteiger partial charge in [-0.2, -0.15) is 0 Å². The van der Waals surface area contributed by atoms with Gasteiger partial charge in [-0.3, -0.25) is 4.98 Å². The predicted octanol–water partition coefficient (Wildman–Crippen LogP) is 2.15. The molecule has 0 fully saturated rings. The highest BCUT2D eigenvalue weighted by molar-refractivity contribution is 6.04. The molecule has 22 heavy (non-hydrogen) atoms. The maximum absolute atomic E-state index is 10.4. The van der Waals surface area contributed by atoms with E-state index in [9.17, 15) is 10.2 Å². The molecule has 2 atom stereocenters. The van der Waals surface area contributed by atoms with Crippen LogP contribution in [0.5, 0.6) is 0 Å². The average molecular weight is 298 g/mol. The van der Waals surface area contributed by atoms with E-state index in [1.54, 1.807) is 24.5 Å². The molecule has 1 heterocycles. The number of pyridine rings is 1. The van der Waals surface area contributed by atoms with Gasteiger partial charge in [0.05, 0.1) is 5.71 Å². The number of fused-ring (bicyclic) bond motifs is 1. The number of aryl methyl sites for hydroxylation is 1. The van der Waals surface area contributed by atoms with Crippen molar-refractivity contribution in [3.63, 3.8) is 0 Å². The quantitative estimate of drug-likeness (QED) is 0.848. The van der Waals surface area contributed by atoms with E-state index in [1.165, 1.54) is 7.11 Å². The molecule has 0 radical (unpaired) electrons. The van der Waals surface area contributed by atoms with E-state index >= 15 is 0 Å². The fourth-order valence-corrected chi connectivity index (χ4v) is 2.80. The summed E-state index contributed by atoms with van der Waals surface area (Å²) < 4.78 is 0. The highest BCUT2D eigenvalue weighted by Gasteiger charge is 2.24. The predicted molar refractivity (Wildman–Crippen MR) is 82.5 cm³/mol.